The lowest BCUT2D eigenvalue weighted by atomic mass is 10.1. The molecule has 0 saturated carbocycles. The number of aryl methyl sites for hydroxylation is 2. The van der Waals surface area contributed by atoms with Crippen molar-refractivity contribution in [3.63, 3.8) is 0 Å². The summed E-state index contributed by atoms with van der Waals surface area (Å²) in [5.74, 6) is 0.0555. The minimum atomic E-state index is -0.239. The number of hydrogen-bond donors (Lipinski definition) is 2. The number of hydrogen-bond acceptors (Lipinski definition) is 5. The van der Waals surface area contributed by atoms with Crippen LogP contribution in [0.25, 0.3) is 0 Å². The van der Waals surface area contributed by atoms with Crippen molar-refractivity contribution in [3.05, 3.63) is 45.9 Å². The summed E-state index contributed by atoms with van der Waals surface area (Å²) in [6, 6.07) is 5.83. The van der Waals surface area contributed by atoms with Gasteiger partial charge >= 0.3 is 0 Å². The Bertz CT molecular complexity index is 844. The van der Waals surface area contributed by atoms with Crippen LogP contribution in [0.5, 0.6) is 0 Å². The van der Waals surface area contributed by atoms with Gasteiger partial charge < -0.3 is 10.2 Å². The normalized spacial score (nSPS) is 14.3. The van der Waals surface area contributed by atoms with Crippen LogP contribution >= 0.6 is 11.8 Å². The van der Waals surface area contributed by atoms with E-state index in [4.69, 9.17) is 0 Å². The third-order valence-electron chi connectivity index (χ3n) is 4.63. The zero-order valence-electron chi connectivity index (χ0n) is 15.2. The van der Waals surface area contributed by atoms with E-state index < -0.39 is 0 Å². The molecule has 1 fully saturated rings. The smallest absolute Gasteiger partial charge is 0.279 e. The second kappa shape index (κ2) is 8.40. The van der Waals surface area contributed by atoms with Crippen LogP contribution in [0.4, 0.5) is 11.4 Å². The van der Waals surface area contributed by atoms with Crippen molar-refractivity contribution in [2.75, 3.05) is 29.1 Å². The van der Waals surface area contributed by atoms with Gasteiger partial charge in [-0.25, -0.2) is 5.10 Å². The van der Waals surface area contributed by atoms with Gasteiger partial charge in [-0.15, -0.1) is 11.8 Å². The van der Waals surface area contributed by atoms with Crippen molar-refractivity contribution in [2.45, 2.75) is 38.0 Å². The van der Waals surface area contributed by atoms with Crippen molar-refractivity contribution in [1.29, 1.82) is 0 Å². The lowest BCUT2D eigenvalue weighted by Gasteiger charge is -2.29. The molecule has 2 aromatic rings. The van der Waals surface area contributed by atoms with E-state index in [1.54, 1.807) is 6.20 Å². The monoisotopic (exact) mass is 372 g/mol. The average molecular weight is 372 g/mol. The van der Waals surface area contributed by atoms with Gasteiger partial charge in [-0.1, -0.05) is 6.07 Å². The highest BCUT2D eigenvalue weighted by Gasteiger charge is 2.18. The van der Waals surface area contributed by atoms with E-state index in [-0.39, 0.29) is 17.2 Å². The number of piperidine rings is 1. The number of carbonyl (C=O) groups excluding carboxylic acids is 1. The molecule has 1 aromatic carbocycles. The van der Waals surface area contributed by atoms with Crippen LogP contribution in [0.1, 0.15) is 30.4 Å². The molecule has 26 heavy (non-hydrogen) atoms. The molecule has 0 aliphatic carbocycles. The molecular formula is C19H24N4O2S. The highest BCUT2D eigenvalue weighted by molar-refractivity contribution is 8.00. The SMILES string of the molecule is Cc1ccc(NC(=O)CSc2c(N3CCCCC3)cn[nH]c2=O)cc1C. The molecule has 1 aliphatic heterocycles. The zero-order chi connectivity index (χ0) is 18.5. The Kier molecular flexibility index (Phi) is 5.98. The van der Waals surface area contributed by atoms with Gasteiger partial charge in [0.15, 0.2) is 0 Å². The molecule has 3 rings (SSSR count). The van der Waals surface area contributed by atoms with E-state index in [2.05, 4.69) is 20.4 Å². The first kappa shape index (κ1) is 18.5. The van der Waals surface area contributed by atoms with Gasteiger partial charge in [0.05, 0.1) is 22.5 Å². The first-order valence-corrected chi connectivity index (χ1v) is 9.85. The van der Waals surface area contributed by atoms with Gasteiger partial charge in [0.25, 0.3) is 5.56 Å². The maximum Gasteiger partial charge on any atom is 0.279 e. The quantitative estimate of drug-likeness (QED) is 0.789. The fourth-order valence-corrected chi connectivity index (χ4v) is 3.89. The Morgan fingerprint density at radius 1 is 1.23 bits per heavy atom. The number of carbonyl (C=O) groups is 1. The molecule has 0 spiro atoms. The van der Waals surface area contributed by atoms with E-state index in [9.17, 15) is 9.59 Å². The van der Waals surface area contributed by atoms with Gasteiger partial charge in [-0.2, -0.15) is 5.10 Å². The second-order valence-electron chi connectivity index (χ2n) is 6.60. The fraction of sp³-hybridized carbons (Fsp3) is 0.421. The summed E-state index contributed by atoms with van der Waals surface area (Å²) in [6.07, 6.45) is 5.14. The lowest BCUT2D eigenvalue weighted by molar-refractivity contribution is -0.113. The van der Waals surface area contributed by atoms with Gasteiger partial charge in [-0.3, -0.25) is 9.59 Å². The predicted octanol–water partition coefficient (Wildman–Crippen LogP) is 3.11. The minimum Gasteiger partial charge on any atom is -0.369 e. The van der Waals surface area contributed by atoms with Crippen molar-refractivity contribution in [2.24, 2.45) is 0 Å². The molecule has 1 aromatic heterocycles. The van der Waals surface area contributed by atoms with Crippen LogP contribution in [0, 0.1) is 13.8 Å². The van der Waals surface area contributed by atoms with Gasteiger partial charge in [0.1, 0.15) is 0 Å². The largest absolute Gasteiger partial charge is 0.369 e. The summed E-state index contributed by atoms with van der Waals surface area (Å²) in [5.41, 5.74) is 3.69. The second-order valence-corrected chi connectivity index (χ2v) is 7.58. The van der Waals surface area contributed by atoms with Crippen molar-refractivity contribution in [1.82, 2.24) is 10.2 Å². The predicted molar refractivity (Wildman–Crippen MR) is 106 cm³/mol. The van der Waals surface area contributed by atoms with Crippen molar-refractivity contribution >= 4 is 29.0 Å². The molecule has 1 saturated heterocycles. The summed E-state index contributed by atoms with van der Waals surface area (Å²) in [5, 5.41) is 9.32. The number of nitrogens with zero attached hydrogens (tertiary/aromatic N) is 2. The number of H-pyrrole nitrogens is 1. The molecule has 2 N–H and O–H groups in total. The Morgan fingerprint density at radius 3 is 2.73 bits per heavy atom. The molecule has 2 heterocycles. The number of amides is 1. The Morgan fingerprint density at radius 2 is 2.00 bits per heavy atom. The Hall–Kier alpha value is -2.28. The number of rotatable bonds is 5. The molecule has 0 radical (unpaired) electrons. The molecule has 0 bridgehead atoms. The molecule has 0 atom stereocenters. The van der Waals surface area contributed by atoms with Crippen LogP contribution in [-0.2, 0) is 4.79 Å². The van der Waals surface area contributed by atoms with E-state index in [1.165, 1.54) is 23.7 Å². The van der Waals surface area contributed by atoms with Gasteiger partial charge in [0.2, 0.25) is 5.91 Å². The molecule has 6 nitrogen and oxygen atoms in total. The minimum absolute atomic E-state index is 0.126. The highest BCUT2D eigenvalue weighted by Crippen LogP contribution is 2.28. The lowest BCUT2D eigenvalue weighted by Crippen LogP contribution is -2.31. The summed E-state index contributed by atoms with van der Waals surface area (Å²) in [6.45, 7) is 5.90. The van der Waals surface area contributed by atoms with Crippen LogP contribution in [0.3, 0.4) is 0 Å². The summed E-state index contributed by atoms with van der Waals surface area (Å²) in [4.78, 5) is 27.3. The van der Waals surface area contributed by atoms with E-state index in [0.717, 1.165) is 42.9 Å². The Balaban J connectivity index is 1.67. The average Bonchev–Trinajstić information content (AvgIpc) is 2.64. The maximum atomic E-state index is 12.3. The first-order chi connectivity index (χ1) is 12.5. The van der Waals surface area contributed by atoms with Gasteiger partial charge in [-0.05, 0) is 56.4 Å². The third-order valence-corrected chi connectivity index (χ3v) is 5.72. The zero-order valence-corrected chi connectivity index (χ0v) is 16.0. The molecule has 1 amide bonds. The summed E-state index contributed by atoms with van der Waals surface area (Å²) < 4.78 is 0. The molecule has 138 valence electrons. The first-order valence-electron chi connectivity index (χ1n) is 8.87. The van der Waals surface area contributed by atoms with Crippen LogP contribution in [0.2, 0.25) is 0 Å². The standard InChI is InChI=1S/C19H24N4O2S/c1-13-6-7-15(10-14(13)2)21-17(24)12-26-18-16(11-20-22-19(18)25)23-8-4-3-5-9-23/h6-7,10-11H,3-5,8-9,12H2,1-2H3,(H,21,24)(H,22,25). The number of aromatic amines is 1. The summed E-state index contributed by atoms with van der Waals surface area (Å²) in [7, 11) is 0. The van der Waals surface area contributed by atoms with Crippen molar-refractivity contribution in [3.8, 4) is 0 Å². The van der Waals surface area contributed by atoms with E-state index in [0.29, 0.717) is 4.90 Å². The van der Waals surface area contributed by atoms with Gasteiger partial charge in [0, 0.05) is 18.8 Å². The summed E-state index contributed by atoms with van der Waals surface area (Å²) >= 11 is 1.26. The highest BCUT2D eigenvalue weighted by atomic mass is 32.2. The van der Waals surface area contributed by atoms with Crippen LogP contribution < -0.4 is 15.8 Å². The van der Waals surface area contributed by atoms with E-state index in [1.807, 2.05) is 32.0 Å². The van der Waals surface area contributed by atoms with Crippen molar-refractivity contribution < 1.29 is 4.79 Å². The topological polar surface area (TPSA) is 78.1 Å². The number of anilines is 2. The number of thioether (sulfide) groups is 1. The molecule has 7 heteroatoms. The van der Waals surface area contributed by atoms with E-state index >= 15 is 0 Å². The number of nitrogens with one attached hydrogen (secondary N) is 2. The third kappa shape index (κ3) is 4.46. The van der Waals surface area contributed by atoms with Crippen LogP contribution in [-0.4, -0.2) is 34.9 Å². The number of benzene rings is 1. The fourth-order valence-electron chi connectivity index (χ4n) is 3.03. The van der Waals surface area contributed by atoms with Crippen LogP contribution in [0.15, 0.2) is 34.1 Å². The Labute approximate surface area is 157 Å². The molecule has 0 unspecified atom stereocenters. The maximum absolute atomic E-state index is 12.3. The molecular weight excluding hydrogens is 348 g/mol. The number of aromatic nitrogens is 2. The molecule has 1 aliphatic rings.